The summed E-state index contributed by atoms with van der Waals surface area (Å²) in [5.74, 6) is 1.02. The molecule has 2 atom stereocenters. The number of carbonyl (C=O) groups excluding carboxylic acids is 3. The first-order valence-corrected chi connectivity index (χ1v) is 11.8. The summed E-state index contributed by atoms with van der Waals surface area (Å²) < 4.78 is 0. The fraction of sp³-hybridized carbons (Fsp3) is 0.321. The molecule has 9 nitrogen and oxygen atoms in total. The molecule has 0 saturated heterocycles. The van der Waals surface area contributed by atoms with Crippen LogP contribution in [0.3, 0.4) is 0 Å². The van der Waals surface area contributed by atoms with Crippen LogP contribution in [-0.2, 0) is 30.4 Å². The van der Waals surface area contributed by atoms with E-state index in [9.17, 15) is 24.0 Å². The molecule has 0 heterocycles. The van der Waals surface area contributed by atoms with E-state index in [-0.39, 0.29) is 38.5 Å². The van der Waals surface area contributed by atoms with Gasteiger partial charge in [-0.2, -0.15) is 0 Å². The van der Waals surface area contributed by atoms with Crippen molar-refractivity contribution in [3.8, 4) is 11.8 Å². The summed E-state index contributed by atoms with van der Waals surface area (Å²) in [6, 6.07) is 15.9. The lowest BCUT2D eigenvalue weighted by Gasteiger charge is -2.19. The van der Waals surface area contributed by atoms with E-state index in [1.807, 2.05) is 54.6 Å². The van der Waals surface area contributed by atoms with Gasteiger partial charge < -0.3 is 21.3 Å². The standard InChI is InChI=1S/C28H30N2O7/c29-28(37)22(13-16-26(33)34)18-24(31)23(14-17-27(35)36)30-25(32)15-12-21-10-8-20(9-11-21)7-6-19-4-2-1-3-5-19/h1-5,8-11,22-23H,12-18H2,(H2,29,37)(H,30,32)(H,33,34)(H,35,36)/t22-,23+/m1/s1. The molecule has 37 heavy (non-hydrogen) atoms. The van der Waals surface area contributed by atoms with Gasteiger partial charge in [0.05, 0.1) is 6.04 Å². The first kappa shape index (κ1) is 28.8. The molecule has 194 valence electrons. The zero-order valence-corrected chi connectivity index (χ0v) is 20.3. The van der Waals surface area contributed by atoms with E-state index in [1.54, 1.807) is 0 Å². The number of ketones is 1. The van der Waals surface area contributed by atoms with Gasteiger partial charge in [-0.05, 0) is 49.1 Å². The highest BCUT2D eigenvalue weighted by atomic mass is 16.4. The van der Waals surface area contributed by atoms with Crippen molar-refractivity contribution in [1.29, 1.82) is 0 Å². The van der Waals surface area contributed by atoms with E-state index in [2.05, 4.69) is 17.2 Å². The van der Waals surface area contributed by atoms with Gasteiger partial charge in [-0.15, -0.1) is 0 Å². The summed E-state index contributed by atoms with van der Waals surface area (Å²) in [6.45, 7) is 0. The third-order valence-electron chi connectivity index (χ3n) is 5.65. The average Bonchev–Trinajstić information content (AvgIpc) is 2.87. The van der Waals surface area contributed by atoms with Crippen LogP contribution in [-0.4, -0.2) is 45.8 Å². The number of Topliss-reactive ketones (excluding diaryl/α,β-unsaturated/α-hetero) is 1. The number of nitrogens with two attached hydrogens (primary N) is 1. The van der Waals surface area contributed by atoms with E-state index in [0.29, 0.717) is 6.42 Å². The molecule has 0 bridgehead atoms. The molecule has 5 N–H and O–H groups in total. The molecule has 2 amide bonds. The van der Waals surface area contributed by atoms with Crippen molar-refractivity contribution >= 4 is 29.5 Å². The van der Waals surface area contributed by atoms with Crippen LogP contribution in [0.4, 0.5) is 0 Å². The number of carboxylic acid groups (broad SMARTS) is 2. The number of aliphatic carboxylic acids is 2. The molecule has 0 spiro atoms. The van der Waals surface area contributed by atoms with E-state index in [4.69, 9.17) is 15.9 Å². The summed E-state index contributed by atoms with van der Waals surface area (Å²) in [7, 11) is 0. The van der Waals surface area contributed by atoms with Crippen LogP contribution in [0.25, 0.3) is 0 Å². The molecule has 2 aromatic carbocycles. The van der Waals surface area contributed by atoms with Crippen molar-refractivity contribution in [3.05, 3.63) is 71.3 Å². The van der Waals surface area contributed by atoms with Gasteiger partial charge in [-0.1, -0.05) is 42.2 Å². The largest absolute Gasteiger partial charge is 0.481 e. The molecular weight excluding hydrogens is 476 g/mol. The maximum Gasteiger partial charge on any atom is 0.303 e. The van der Waals surface area contributed by atoms with Crippen molar-refractivity contribution in [2.75, 3.05) is 0 Å². The minimum absolute atomic E-state index is 0.0597. The molecule has 0 unspecified atom stereocenters. The maximum absolute atomic E-state index is 12.8. The Balaban J connectivity index is 1.95. The van der Waals surface area contributed by atoms with Crippen molar-refractivity contribution in [2.24, 2.45) is 11.7 Å². The van der Waals surface area contributed by atoms with Gasteiger partial charge in [0.1, 0.15) is 0 Å². The molecule has 0 aliphatic carbocycles. The lowest BCUT2D eigenvalue weighted by Crippen LogP contribution is -2.43. The van der Waals surface area contributed by atoms with Crippen LogP contribution in [0.15, 0.2) is 54.6 Å². The number of carbonyl (C=O) groups is 5. The summed E-state index contributed by atoms with van der Waals surface area (Å²) >= 11 is 0. The number of primary amides is 1. The van der Waals surface area contributed by atoms with Crippen LogP contribution in [0.2, 0.25) is 0 Å². The van der Waals surface area contributed by atoms with Gasteiger partial charge in [0.15, 0.2) is 5.78 Å². The number of rotatable bonds is 14. The topological polar surface area (TPSA) is 164 Å². The van der Waals surface area contributed by atoms with Gasteiger partial charge in [-0.25, -0.2) is 0 Å². The molecule has 2 aromatic rings. The smallest absolute Gasteiger partial charge is 0.303 e. The Labute approximate surface area is 215 Å². The van der Waals surface area contributed by atoms with Crippen molar-refractivity contribution in [2.45, 2.75) is 51.0 Å². The van der Waals surface area contributed by atoms with Crippen molar-refractivity contribution in [1.82, 2.24) is 5.32 Å². The molecule has 9 heteroatoms. The molecule has 0 aromatic heterocycles. The number of hydrogen-bond donors (Lipinski definition) is 4. The van der Waals surface area contributed by atoms with Crippen molar-refractivity contribution in [3.63, 3.8) is 0 Å². The fourth-order valence-corrected chi connectivity index (χ4v) is 3.55. The highest BCUT2D eigenvalue weighted by Gasteiger charge is 2.27. The van der Waals surface area contributed by atoms with Crippen molar-refractivity contribution < 1.29 is 34.2 Å². The predicted molar refractivity (Wildman–Crippen MR) is 135 cm³/mol. The molecule has 0 saturated carbocycles. The van der Waals surface area contributed by atoms with Crippen LogP contribution in [0.1, 0.15) is 55.2 Å². The Morgan fingerprint density at radius 1 is 0.784 bits per heavy atom. The van der Waals surface area contributed by atoms with E-state index < -0.39 is 41.5 Å². The minimum Gasteiger partial charge on any atom is -0.481 e. The fourth-order valence-electron chi connectivity index (χ4n) is 3.55. The van der Waals surface area contributed by atoms with Gasteiger partial charge in [0.2, 0.25) is 11.8 Å². The van der Waals surface area contributed by atoms with Crippen LogP contribution in [0.5, 0.6) is 0 Å². The number of amides is 2. The zero-order chi connectivity index (χ0) is 27.2. The van der Waals surface area contributed by atoms with E-state index in [1.165, 1.54) is 0 Å². The lowest BCUT2D eigenvalue weighted by atomic mass is 9.92. The molecule has 0 aliphatic heterocycles. The lowest BCUT2D eigenvalue weighted by molar-refractivity contribution is -0.139. The Hall–Kier alpha value is -4.45. The molecule has 0 radical (unpaired) electrons. The Kier molecular flexibility index (Phi) is 11.5. The molecular formula is C28H30N2O7. The zero-order valence-electron chi connectivity index (χ0n) is 20.3. The Bertz CT molecular complexity index is 1160. The Morgan fingerprint density at radius 2 is 1.35 bits per heavy atom. The third kappa shape index (κ3) is 11.2. The predicted octanol–water partition coefficient (Wildman–Crippen LogP) is 2.29. The molecule has 2 rings (SSSR count). The SMILES string of the molecule is NC(=O)[C@H](CCC(=O)O)CC(=O)[C@H](CCC(=O)O)NC(=O)CCc1ccc(C#Cc2ccccc2)cc1. The molecule has 0 aliphatic rings. The summed E-state index contributed by atoms with van der Waals surface area (Å²) in [4.78, 5) is 58.7. The van der Waals surface area contributed by atoms with Gasteiger partial charge in [0, 0.05) is 42.7 Å². The highest BCUT2D eigenvalue weighted by Crippen LogP contribution is 2.15. The maximum atomic E-state index is 12.8. The number of benzene rings is 2. The molecule has 0 fully saturated rings. The summed E-state index contributed by atoms with van der Waals surface area (Å²) in [5, 5.41) is 20.4. The van der Waals surface area contributed by atoms with Crippen LogP contribution < -0.4 is 11.1 Å². The number of aryl methyl sites for hydroxylation is 1. The van der Waals surface area contributed by atoms with Gasteiger partial charge in [0.25, 0.3) is 0 Å². The normalized spacial score (nSPS) is 11.9. The summed E-state index contributed by atoms with van der Waals surface area (Å²) in [5.41, 5.74) is 7.90. The van der Waals surface area contributed by atoms with Crippen LogP contribution in [0, 0.1) is 17.8 Å². The second-order valence-corrected chi connectivity index (χ2v) is 8.57. The second kappa shape index (κ2) is 14.8. The van der Waals surface area contributed by atoms with E-state index >= 15 is 0 Å². The number of carboxylic acids is 2. The quantitative estimate of drug-likeness (QED) is 0.286. The second-order valence-electron chi connectivity index (χ2n) is 8.57. The first-order chi connectivity index (χ1) is 17.6. The van der Waals surface area contributed by atoms with Crippen LogP contribution >= 0.6 is 0 Å². The van der Waals surface area contributed by atoms with E-state index in [0.717, 1.165) is 16.7 Å². The monoisotopic (exact) mass is 506 g/mol. The number of nitrogens with one attached hydrogen (secondary N) is 1. The third-order valence-corrected chi connectivity index (χ3v) is 5.65. The first-order valence-electron chi connectivity index (χ1n) is 11.8. The summed E-state index contributed by atoms with van der Waals surface area (Å²) in [6.07, 6.45) is -0.910. The highest BCUT2D eigenvalue weighted by molar-refractivity contribution is 5.92. The number of hydrogen-bond acceptors (Lipinski definition) is 5. The Morgan fingerprint density at radius 3 is 1.92 bits per heavy atom. The van der Waals surface area contributed by atoms with Gasteiger partial charge in [-0.3, -0.25) is 24.0 Å². The van der Waals surface area contributed by atoms with Gasteiger partial charge >= 0.3 is 11.9 Å². The average molecular weight is 507 g/mol. The minimum atomic E-state index is -1.14.